The third-order valence-corrected chi connectivity index (χ3v) is 2.62. The fraction of sp³-hybridized carbons (Fsp3) is 0.462. The van der Waals surface area contributed by atoms with Crippen molar-refractivity contribution in [2.45, 2.75) is 26.4 Å². The van der Waals surface area contributed by atoms with Crippen LogP contribution in [-0.2, 0) is 16.1 Å². The van der Waals surface area contributed by atoms with Gasteiger partial charge in [0.25, 0.3) is 0 Å². The molecule has 0 fully saturated rings. The van der Waals surface area contributed by atoms with Gasteiger partial charge in [-0.15, -0.1) is 0 Å². The number of nitrogens with zero attached hydrogens (tertiary/aromatic N) is 1. The summed E-state index contributed by atoms with van der Waals surface area (Å²) in [7, 11) is 1.32. The molecule has 1 rings (SSSR count). The van der Waals surface area contributed by atoms with Crippen molar-refractivity contribution in [3.63, 3.8) is 0 Å². The van der Waals surface area contributed by atoms with Gasteiger partial charge >= 0.3 is 5.97 Å². The van der Waals surface area contributed by atoms with Gasteiger partial charge < -0.3 is 15.4 Å². The van der Waals surface area contributed by atoms with Gasteiger partial charge in [-0.05, 0) is 26.0 Å². The zero-order valence-electron chi connectivity index (χ0n) is 11.4. The van der Waals surface area contributed by atoms with Crippen LogP contribution in [0.5, 0.6) is 0 Å². The first-order valence-corrected chi connectivity index (χ1v) is 6.13. The van der Waals surface area contributed by atoms with Crippen LogP contribution in [0, 0.1) is 0 Å². The standard InChI is InChI=1S/C13H19N3O3/c1-4-14-12(17)9(2)16-8-11-10(13(18)19-3)6-5-7-15-11/h5-7,9,16H,4,8H2,1-3H3,(H,14,17). The number of hydrogen-bond donors (Lipinski definition) is 2. The summed E-state index contributed by atoms with van der Waals surface area (Å²) in [5, 5.41) is 5.74. The highest BCUT2D eigenvalue weighted by molar-refractivity contribution is 5.90. The quantitative estimate of drug-likeness (QED) is 0.731. The molecule has 0 spiro atoms. The van der Waals surface area contributed by atoms with Crippen LogP contribution in [0.3, 0.4) is 0 Å². The van der Waals surface area contributed by atoms with Gasteiger partial charge in [0.2, 0.25) is 5.91 Å². The summed E-state index contributed by atoms with van der Waals surface area (Å²) >= 11 is 0. The second-order valence-electron chi connectivity index (χ2n) is 3.99. The summed E-state index contributed by atoms with van der Waals surface area (Å²) in [6.45, 7) is 4.52. The highest BCUT2D eigenvalue weighted by Crippen LogP contribution is 2.07. The van der Waals surface area contributed by atoms with Crippen LogP contribution in [0.15, 0.2) is 18.3 Å². The minimum Gasteiger partial charge on any atom is -0.465 e. The van der Waals surface area contributed by atoms with E-state index in [9.17, 15) is 9.59 Å². The van der Waals surface area contributed by atoms with E-state index in [0.29, 0.717) is 24.3 Å². The van der Waals surface area contributed by atoms with Crippen LogP contribution in [-0.4, -0.2) is 36.6 Å². The summed E-state index contributed by atoms with van der Waals surface area (Å²) in [4.78, 5) is 27.2. The predicted octanol–water partition coefficient (Wildman–Crippen LogP) is 0.482. The van der Waals surface area contributed by atoms with Crippen molar-refractivity contribution in [2.24, 2.45) is 0 Å². The molecule has 6 nitrogen and oxygen atoms in total. The number of ether oxygens (including phenoxy) is 1. The van der Waals surface area contributed by atoms with Crippen molar-refractivity contribution in [2.75, 3.05) is 13.7 Å². The largest absolute Gasteiger partial charge is 0.465 e. The maximum absolute atomic E-state index is 11.6. The summed E-state index contributed by atoms with van der Waals surface area (Å²) in [5.74, 6) is -0.520. The zero-order valence-corrected chi connectivity index (χ0v) is 11.4. The fourth-order valence-corrected chi connectivity index (χ4v) is 1.54. The molecule has 0 aliphatic rings. The molecule has 1 unspecified atom stereocenters. The van der Waals surface area contributed by atoms with Crippen LogP contribution in [0.1, 0.15) is 29.9 Å². The lowest BCUT2D eigenvalue weighted by Gasteiger charge is -2.14. The van der Waals surface area contributed by atoms with E-state index in [1.54, 1.807) is 25.3 Å². The van der Waals surface area contributed by atoms with Crippen molar-refractivity contribution < 1.29 is 14.3 Å². The Morgan fingerprint density at radius 3 is 2.84 bits per heavy atom. The number of esters is 1. The van der Waals surface area contributed by atoms with E-state index < -0.39 is 5.97 Å². The molecule has 2 N–H and O–H groups in total. The van der Waals surface area contributed by atoms with Gasteiger partial charge in [0.15, 0.2) is 0 Å². The molecule has 0 saturated heterocycles. The minimum absolute atomic E-state index is 0.0851. The topological polar surface area (TPSA) is 80.3 Å². The van der Waals surface area contributed by atoms with Crippen molar-refractivity contribution in [3.8, 4) is 0 Å². The Labute approximate surface area is 112 Å². The lowest BCUT2D eigenvalue weighted by molar-refractivity contribution is -0.122. The monoisotopic (exact) mass is 265 g/mol. The fourth-order valence-electron chi connectivity index (χ4n) is 1.54. The summed E-state index contributed by atoms with van der Waals surface area (Å²) in [6.07, 6.45) is 1.60. The third-order valence-electron chi connectivity index (χ3n) is 2.62. The smallest absolute Gasteiger partial charge is 0.339 e. The summed E-state index contributed by atoms with van der Waals surface area (Å²) in [6, 6.07) is 2.96. The molecule has 1 aromatic rings. The Kier molecular flexibility index (Phi) is 5.95. The molecular weight excluding hydrogens is 246 g/mol. The average Bonchev–Trinajstić information content (AvgIpc) is 2.44. The van der Waals surface area contributed by atoms with E-state index in [2.05, 4.69) is 20.4 Å². The zero-order chi connectivity index (χ0) is 14.3. The van der Waals surface area contributed by atoms with E-state index in [4.69, 9.17) is 0 Å². The first-order valence-electron chi connectivity index (χ1n) is 6.13. The minimum atomic E-state index is -0.435. The number of methoxy groups -OCH3 is 1. The highest BCUT2D eigenvalue weighted by Gasteiger charge is 2.15. The van der Waals surface area contributed by atoms with E-state index in [0.717, 1.165) is 0 Å². The first kappa shape index (κ1) is 15.1. The van der Waals surface area contributed by atoms with Gasteiger partial charge in [-0.25, -0.2) is 4.79 Å². The molecule has 6 heteroatoms. The Balaban J connectivity index is 2.67. The Hall–Kier alpha value is -1.95. The van der Waals surface area contributed by atoms with E-state index in [-0.39, 0.29) is 11.9 Å². The van der Waals surface area contributed by atoms with Gasteiger partial charge in [0, 0.05) is 19.3 Å². The number of aromatic nitrogens is 1. The SMILES string of the molecule is CCNC(=O)C(C)NCc1ncccc1C(=O)OC. The third kappa shape index (κ3) is 4.33. The second kappa shape index (κ2) is 7.48. The molecule has 1 aromatic heterocycles. The van der Waals surface area contributed by atoms with Crippen LogP contribution < -0.4 is 10.6 Å². The van der Waals surface area contributed by atoms with Gasteiger partial charge in [0.05, 0.1) is 24.4 Å². The Morgan fingerprint density at radius 1 is 1.47 bits per heavy atom. The predicted molar refractivity (Wildman–Crippen MR) is 70.6 cm³/mol. The van der Waals surface area contributed by atoms with Gasteiger partial charge in [0.1, 0.15) is 0 Å². The number of likely N-dealkylation sites (N-methyl/N-ethyl adjacent to an activating group) is 1. The van der Waals surface area contributed by atoms with Crippen molar-refractivity contribution in [1.82, 2.24) is 15.6 Å². The maximum atomic E-state index is 11.6. The van der Waals surface area contributed by atoms with Gasteiger partial charge in [-0.3, -0.25) is 9.78 Å². The summed E-state index contributed by atoms with van der Waals surface area (Å²) < 4.78 is 4.68. The molecule has 104 valence electrons. The maximum Gasteiger partial charge on any atom is 0.339 e. The number of pyridine rings is 1. The lowest BCUT2D eigenvalue weighted by Crippen LogP contribution is -2.42. The molecule has 0 bridgehead atoms. The van der Waals surface area contributed by atoms with E-state index in [1.807, 2.05) is 6.92 Å². The summed E-state index contributed by atoms with van der Waals surface area (Å²) in [5.41, 5.74) is 0.964. The van der Waals surface area contributed by atoms with E-state index >= 15 is 0 Å². The second-order valence-corrected chi connectivity index (χ2v) is 3.99. The molecule has 0 aliphatic heterocycles. The molecule has 1 heterocycles. The molecule has 0 aliphatic carbocycles. The highest BCUT2D eigenvalue weighted by atomic mass is 16.5. The number of carbonyl (C=O) groups is 2. The normalized spacial score (nSPS) is 11.7. The Bertz CT molecular complexity index is 449. The molecular formula is C13H19N3O3. The molecule has 1 atom stereocenters. The van der Waals surface area contributed by atoms with Gasteiger partial charge in [-0.1, -0.05) is 0 Å². The molecule has 0 radical (unpaired) electrons. The van der Waals surface area contributed by atoms with E-state index in [1.165, 1.54) is 7.11 Å². The first-order chi connectivity index (χ1) is 9.10. The molecule has 19 heavy (non-hydrogen) atoms. The van der Waals surface area contributed by atoms with Crippen LogP contribution >= 0.6 is 0 Å². The molecule has 1 amide bonds. The van der Waals surface area contributed by atoms with Crippen LogP contribution in [0.25, 0.3) is 0 Å². The van der Waals surface area contributed by atoms with Gasteiger partial charge in [-0.2, -0.15) is 0 Å². The van der Waals surface area contributed by atoms with Crippen molar-refractivity contribution in [3.05, 3.63) is 29.6 Å². The van der Waals surface area contributed by atoms with Crippen LogP contribution in [0.2, 0.25) is 0 Å². The average molecular weight is 265 g/mol. The molecule has 0 saturated carbocycles. The molecule has 0 aromatic carbocycles. The van der Waals surface area contributed by atoms with Crippen LogP contribution in [0.4, 0.5) is 0 Å². The van der Waals surface area contributed by atoms with Crippen molar-refractivity contribution in [1.29, 1.82) is 0 Å². The number of carbonyl (C=O) groups excluding carboxylic acids is 2. The number of amides is 1. The number of hydrogen-bond acceptors (Lipinski definition) is 5. The Morgan fingerprint density at radius 2 is 2.21 bits per heavy atom. The number of rotatable bonds is 6. The van der Waals surface area contributed by atoms with Crippen molar-refractivity contribution >= 4 is 11.9 Å². The number of nitrogens with one attached hydrogen (secondary N) is 2. The lowest BCUT2D eigenvalue weighted by atomic mass is 10.2.